The van der Waals surface area contributed by atoms with E-state index in [1.54, 1.807) is 0 Å². The third-order valence-electron chi connectivity index (χ3n) is 2.02. The maximum atomic E-state index is 11.3. The van der Waals surface area contributed by atoms with Crippen LogP contribution in [0.25, 0.3) is 0 Å². The molecule has 6 heteroatoms. The van der Waals surface area contributed by atoms with Gasteiger partial charge >= 0.3 is 5.97 Å². The maximum Gasteiger partial charge on any atom is 0.332 e. The molecule has 0 aromatic carbocycles. The molecule has 15 heavy (non-hydrogen) atoms. The van der Waals surface area contributed by atoms with Gasteiger partial charge in [-0.3, -0.25) is 4.79 Å². The van der Waals surface area contributed by atoms with Crippen LogP contribution in [0.1, 0.15) is 20.3 Å². The fourth-order valence-electron chi connectivity index (χ4n) is 0.876. The molecule has 0 spiro atoms. The number of carboxylic acid groups (broad SMARTS) is 1. The summed E-state index contributed by atoms with van der Waals surface area (Å²) < 4.78 is 0. The van der Waals surface area contributed by atoms with E-state index in [4.69, 9.17) is 15.9 Å². The minimum Gasteiger partial charge on any atom is -0.479 e. The first kappa shape index (κ1) is 13.9. The van der Waals surface area contributed by atoms with E-state index in [1.807, 2.05) is 13.8 Å². The number of aliphatic hydroxyl groups excluding tert-OH is 1. The van der Waals surface area contributed by atoms with Crippen LogP contribution in [0.2, 0.25) is 0 Å². The lowest BCUT2D eigenvalue weighted by molar-refractivity contribution is -0.147. The minimum atomic E-state index is -1.44. The first-order chi connectivity index (χ1) is 6.86. The molecule has 0 aromatic heterocycles. The molecule has 0 fully saturated rings. The Morgan fingerprint density at radius 1 is 1.40 bits per heavy atom. The van der Waals surface area contributed by atoms with Crippen molar-refractivity contribution < 1.29 is 19.8 Å². The van der Waals surface area contributed by atoms with Gasteiger partial charge in [-0.15, -0.1) is 0 Å². The molecule has 88 valence electrons. The summed E-state index contributed by atoms with van der Waals surface area (Å²) in [7, 11) is 0. The molecule has 0 radical (unpaired) electrons. The standard InChI is InChI=1S/C9H18N2O4/c1-5(2)7(10)8(13)11-4-3-6(12)9(14)15/h5-7,12H,3-4,10H2,1-2H3,(H,11,13)(H,14,15). The van der Waals surface area contributed by atoms with Crippen LogP contribution >= 0.6 is 0 Å². The number of carbonyl (C=O) groups excluding carboxylic acids is 1. The van der Waals surface area contributed by atoms with Gasteiger partial charge in [-0.2, -0.15) is 0 Å². The quantitative estimate of drug-likeness (QED) is 0.453. The number of carbonyl (C=O) groups is 2. The van der Waals surface area contributed by atoms with E-state index in [2.05, 4.69) is 5.32 Å². The smallest absolute Gasteiger partial charge is 0.332 e. The van der Waals surface area contributed by atoms with Gasteiger partial charge in [0.15, 0.2) is 6.10 Å². The van der Waals surface area contributed by atoms with Gasteiger partial charge in [0.2, 0.25) is 5.91 Å². The van der Waals surface area contributed by atoms with Crippen molar-refractivity contribution in [2.75, 3.05) is 6.54 Å². The predicted molar refractivity (Wildman–Crippen MR) is 54.1 cm³/mol. The van der Waals surface area contributed by atoms with Crippen LogP contribution in [0.3, 0.4) is 0 Å². The Morgan fingerprint density at radius 3 is 2.33 bits per heavy atom. The largest absolute Gasteiger partial charge is 0.479 e. The Balaban J connectivity index is 3.78. The maximum absolute atomic E-state index is 11.3. The molecular formula is C9H18N2O4. The lowest BCUT2D eigenvalue weighted by atomic mass is 10.1. The topological polar surface area (TPSA) is 113 Å². The molecule has 0 aliphatic rings. The van der Waals surface area contributed by atoms with Gasteiger partial charge in [0.1, 0.15) is 0 Å². The number of hydrogen-bond donors (Lipinski definition) is 4. The number of nitrogens with one attached hydrogen (secondary N) is 1. The van der Waals surface area contributed by atoms with Gasteiger partial charge in [-0.25, -0.2) is 4.79 Å². The number of amides is 1. The highest BCUT2D eigenvalue weighted by Gasteiger charge is 2.18. The van der Waals surface area contributed by atoms with E-state index >= 15 is 0 Å². The van der Waals surface area contributed by atoms with E-state index in [1.165, 1.54) is 0 Å². The molecule has 1 amide bonds. The molecule has 0 aliphatic carbocycles. The molecule has 6 nitrogen and oxygen atoms in total. The van der Waals surface area contributed by atoms with Crippen molar-refractivity contribution in [2.24, 2.45) is 11.7 Å². The van der Waals surface area contributed by atoms with Crippen LogP contribution in [-0.2, 0) is 9.59 Å². The van der Waals surface area contributed by atoms with E-state index in [-0.39, 0.29) is 24.8 Å². The second kappa shape index (κ2) is 6.36. The molecule has 2 atom stereocenters. The van der Waals surface area contributed by atoms with Gasteiger partial charge in [0.25, 0.3) is 0 Å². The average molecular weight is 218 g/mol. The number of rotatable bonds is 6. The van der Waals surface area contributed by atoms with Crippen molar-refractivity contribution in [3.05, 3.63) is 0 Å². The first-order valence-electron chi connectivity index (χ1n) is 4.80. The van der Waals surface area contributed by atoms with Crippen LogP contribution in [0.4, 0.5) is 0 Å². The summed E-state index contributed by atoms with van der Waals surface area (Å²) in [5.74, 6) is -1.60. The molecule has 0 rings (SSSR count). The average Bonchev–Trinajstić information content (AvgIpc) is 2.15. The second-order valence-corrected chi connectivity index (χ2v) is 3.70. The minimum absolute atomic E-state index is 0.0219. The summed E-state index contributed by atoms with van der Waals surface area (Å²) in [5, 5.41) is 19.7. The zero-order chi connectivity index (χ0) is 12.0. The van der Waals surface area contributed by atoms with Gasteiger partial charge in [-0.05, 0) is 5.92 Å². The van der Waals surface area contributed by atoms with Crippen molar-refractivity contribution in [3.63, 3.8) is 0 Å². The lowest BCUT2D eigenvalue weighted by Crippen LogP contribution is -2.44. The summed E-state index contributed by atoms with van der Waals surface area (Å²) in [6.45, 7) is 3.74. The van der Waals surface area contributed by atoms with Crippen LogP contribution in [-0.4, -0.2) is 40.8 Å². The van der Waals surface area contributed by atoms with Crippen LogP contribution in [0.15, 0.2) is 0 Å². The summed E-state index contributed by atoms with van der Waals surface area (Å²) in [5.41, 5.74) is 5.55. The van der Waals surface area contributed by atoms with Crippen LogP contribution in [0, 0.1) is 5.92 Å². The molecular weight excluding hydrogens is 200 g/mol. The summed E-state index contributed by atoms with van der Waals surface area (Å²) in [6.07, 6.45) is -1.47. The van der Waals surface area contributed by atoms with Gasteiger partial charge in [0.05, 0.1) is 6.04 Å². The Kier molecular flexibility index (Phi) is 5.88. The number of hydrogen-bond acceptors (Lipinski definition) is 4. The lowest BCUT2D eigenvalue weighted by Gasteiger charge is -2.15. The summed E-state index contributed by atoms with van der Waals surface area (Å²) in [4.78, 5) is 21.5. The number of nitrogens with two attached hydrogens (primary N) is 1. The first-order valence-corrected chi connectivity index (χ1v) is 4.80. The molecule has 0 heterocycles. The zero-order valence-corrected chi connectivity index (χ0v) is 8.93. The molecule has 2 unspecified atom stereocenters. The zero-order valence-electron chi connectivity index (χ0n) is 8.93. The van der Waals surface area contributed by atoms with Crippen molar-refractivity contribution in [2.45, 2.75) is 32.4 Å². The molecule has 0 aliphatic heterocycles. The molecule has 0 saturated carbocycles. The Morgan fingerprint density at radius 2 is 1.93 bits per heavy atom. The third kappa shape index (κ3) is 5.34. The van der Waals surface area contributed by atoms with Crippen LogP contribution in [0.5, 0.6) is 0 Å². The SMILES string of the molecule is CC(C)C(N)C(=O)NCCC(O)C(=O)O. The number of carboxylic acids is 1. The number of aliphatic carboxylic acids is 1. The van der Waals surface area contributed by atoms with Crippen molar-refractivity contribution in [1.29, 1.82) is 0 Å². The molecule has 0 saturated heterocycles. The third-order valence-corrected chi connectivity index (χ3v) is 2.02. The highest BCUT2D eigenvalue weighted by molar-refractivity contribution is 5.81. The molecule has 0 bridgehead atoms. The normalized spacial score (nSPS) is 14.7. The van der Waals surface area contributed by atoms with Crippen molar-refractivity contribution in [1.82, 2.24) is 5.32 Å². The Labute approximate surface area is 88.5 Å². The predicted octanol–water partition coefficient (Wildman–Crippen LogP) is -1.08. The van der Waals surface area contributed by atoms with Gasteiger partial charge in [-0.1, -0.05) is 13.8 Å². The Bertz CT molecular complexity index is 230. The monoisotopic (exact) mass is 218 g/mol. The van der Waals surface area contributed by atoms with Crippen molar-refractivity contribution >= 4 is 11.9 Å². The van der Waals surface area contributed by atoms with Gasteiger partial charge < -0.3 is 21.3 Å². The van der Waals surface area contributed by atoms with E-state index in [9.17, 15) is 9.59 Å². The van der Waals surface area contributed by atoms with Gasteiger partial charge in [0, 0.05) is 13.0 Å². The van der Waals surface area contributed by atoms with Crippen molar-refractivity contribution in [3.8, 4) is 0 Å². The summed E-state index contributed by atoms with van der Waals surface area (Å²) >= 11 is 0. The fraction of sp³-hybridized carbons (Fsp3) is 0.778. The van der Waals surface area contributed by atoms with E-state index in [0.29, 0.717) is 0 Å². The van der Waals surface area contributed by atoms with E-state index in [0.717, 1.165) is 0 Å². The highest BCUT2D eigenvalue weighted by Crippen LogP contribution is 1.98. The van der Waals surface area contributed by atoms with Crippen LogP contribution < -0.4 is 11.1 Å². The summed E-state index contributed by atoms with van der Waals surface area (Å²) in [6, 6.07) is -0.605. The second-order valence-electron chi connectivity index (χ2n) is 3.70. The molecule has 0 aromatic rings. The van der Waals surface area contributed by atoms with E-state index < -0.39 is 18.1 Å². The number of aliphatic hydroxyl groups is 1. The fourth-order valence-corrected chi connectivity index (χ4v) is 0.876. The molecule has 5 N–H and O–H groups in total. The highest BCUT2D eigenvalue weighted by atomic mass is 16.4. The Hall–Kier alpha value is -1.14.